The van der Waals surface area contributed by atoms with Crippen LogP contribution in [-0.4, -0.2) is 34.0 Å². The van der Waals surface area contributed by atoms with Crippen molar-refractivity contribution in [1.29, 1.82) is 0 Å². The van der Waals surface area contributed by atoms with Gasteiger partial charge >= 0.3 is 6.09 Å². The van der Waals surface area contributed by atoms with Crippen LogP contribution in [0.4, 0.5) is 16.3 Å². The van der Waals surface area contributed by atoms with Crippen LogP contribution in [0.3, 0.4) is 0 Å². The fraction of sp³-hybridized carbons (Fsp3) is 0.286. The first-order chi connectivity index (χ1) is 14.5. The second kappa shape index (κ2) is 6.79. The van der Waals surface area contributed by atoms with E-state index in [2.05, 4.69) is 5.32 Å². The molecule has 2 aromatic rings. The number of fused-ring (bicyclic) bond motifs is 2. The molecule has 31 heavy (non-hydrogen) atoms. The van der Waals surface area contributed by atoms with E-state index in [0.29, 0.717) is 23.4 Å². The predicted octanol–water partition coefficient (Wildman–Crippen LogP) is 1.52. The lowest BCUT2D eigenvalue weighted by atomic mass is 10.0. The van der Waals surface area contributed by atoms with Crippen molar-refractivity contribution >= 4 is 35.3 Å². The van der Waals surface area contributed by atoms with Crippen LogP contribution >= 0.6 is 0 Å². The molecule has 2 aliphatic rings. The lowest BCUT2D eigenvalue weighted by Gasteiger charge is -2.30. The predicted molar refractivity (Wildman–Crippen MR) is 110 cm³/mol. The van der Waals surface area contributed by atoms with Crippen molar-refractivity contribution in [2.45, 2.75) is 39.2 Å². The number of carbonyl (C=O) groups is 4. The molecule has 1 aromatic carbocycles. The van der Waals surface area contributed by atoms with E-state index in [1.165, 1.54) is 12.1 Å². The third-order valence-corrected chi connectivity index (χ3v) is 4.95. The average Bonchev–Trinajstić information content (AvgIpc) is 2.93. The Balaban J connectivity index is 1.80. The van der Waals surface area contributed by atoms with Gasteiger partial charge in [-0.1, -0.05) is 0 Å². The highest BCUT2D eigenvalue weighted by Gasteiger charge is 2.34. The molecule has 3 N–H and O–H groups in total. The molecule has 0 saturated heterocycles. The Kier molecular flexibility index (Phi) is 4.46. The molecule has 4 rings (SSSR count). The zero-order chi connectivity index (χ0) is 22.7. The van der Waals surface area contributed by atoms with Crippen molar-refractivity contribution in [3.05, 3.63) is 51.3 Å². The van der Waals surface area contributed by atoms with E-state index in [4.69, 9.17) is 10.5 Å². The maximum atomic E-state index is 12.7. The first-order valence-corrected chi connectivity index (χ1v) is 9.58. The number of nitrogens with zero attached hydrogens (tertiary/aromatic N) is 2. The number of anilines is 2. The standard InChI is InChI=1S/C21H20N4O6/c1-21(2,3)31-20(30)25-13-6-5-11(8-10(13)4-7-14(25)26)24-15(27)9-12-16(17(24)22)19(29)23-18(12)28/h5-6,8-9H,4,7,22H2,1-3H3,(H,23,28,29). The number of amides is 4. The lowest BCUT2D eigenvalue weighted by Crippen LogP contribution is -2.43. The van der Waals surface area contributed by atoms with E-state index in [-0.39, 0.29) is 29.3 Å². The van der Waals surface area contributed by atoms with Gasteiger partial charge in [-0.15, -0.1) is 0 Å². The van der Waals surface area contributed by atoms with Crippen molar-refractivity contribution in [3.63, 3.8) is 0 Å². The molecule has 0 aliphatic carbocycles. The molecule has 0 radical (unpaired) electrons. The Labute approximate surface area is 176 Å². The largest absolute Gasteiger partial charge is 0.443 e. The van der Waals surface area contributed by atoms with E-state index in [1.807, 2.05) is 0 Å². The molecule has 3 heterocycles. The van der Waals surface area contributed by atoms with Crippen molar-refractivity contribution < 1.29 is 23.9 Å². The Morgan fingerprint density at radius 1 is 1.06 bits per heavy atom. The van der Waals surface area contributed by atoms with E-state index in [9.17, 15) is 24.0 Å². The summed E-state index contributed by atoms with van der Waals surface area (Å²) in [4.78, 5) is 62.5. The van der Waals surface area contributed by atoms with Crippen molar-refractivity contribution in [2.24, 2.45) is 0 Å². The smallest absolute Gasteiger partial charge is 0.421 e. The number of ether oxygens (including phenoxy) is 1. The average molecular weight is 424 g/mol. The number of pyridine rings is 1. The molecule has 0 fully saturated rings. The van der Waals surface area contributed by atoms with Crippen LogP contribution in [0.5, 0.6) is 0 Å². The summed E-state index contributed by atoms with van der Waals surface area (Å²) in [6, 6.07) is 5.71. The quantitative estimate of drug-likeness (QED) is 0.661. The SMILES string of the molecule is CC(C)(C)OC(=O)N1C(=O)CCc2cc(-n3c(N)c4c(cc3=O)C(=O)NC4=O)ccc21. The van der Waals surface area contributed by atoms with Gasteiger partial charge in [-0.2, -0.15) is 0 Å². The van der Waals surface area contributed by atoms with Gasteiger partial charge in [0.1, 0.15) is 11.4 Å². The normalized spacial score (nSPS) is 15.5. The number of nitrogen functional groups attached to an aromatic ring is 1. The number of nitrogens with two attached hydrogens (primary N) is 1. The number of aromatic nitrogens is 1. The summed E-state index contributed by atoms with van der Waals surface area (Å²) in [5, 5.41) is 2.11. The van der Waals surface area contributed by atoms with Crippen LogP contribution in [0.2, 0.25) is 0 Å². The fourth-order valence-electron chi connectivity index (χ4n) is 3.67. The zero-order valence-corrected chi connectivity index (χ0v) is 17.1. The fourth-order valence-corrected chi connectivity index (χ4v) is 3.67. The Morgan fingerprint density at radius 3 is 2.45 bits per heavy atom. The summed E-state index contributed by atoms with van der Waals surface area (Å²) in [7, 11) is 0. The molecule has 0 atom stereocenters. The van der Waals surface area contributed by atoms with Crippen LogP contribution in [0.25, 0.3) is 5.69 Å². The third-order valence-electron chi connectivity index (χ3n) is 4.95. The van der Waals surface area contributed by atoms with E-state index in [1.54, 1.807) is 26.8 Å². The van der Waals surface area contributed by atoms with Crippen LogP contribution in [0.15, 0.2) is 29.1 Å². The Hall–Kier alpha value is -3.95. The number of nitrogens with one attached hydrogen (secondary N) is 1. The van der Waals surface area contributed by atoms with Gasteiger partial charge in [-0.3, -0.25) is 29.1 Å². The molecular weight excluding hydrogens is 404 g/mol. The summed E-state index contributed by atoms with van der Waals surface area (Å²) in [6.45, 7) is 5.10. The maximum absolute atomic E-state index is 12.7. The van der Waals surface area contributed by atoms with Crippen molar-refractivity contribution in [2.75, 3.05) is 10.6 Å². The van der Waals surface area contributed by atoms with Crippen LogP contribution in [-0.2, 0) is 16.0 Å². The lowest BCUT2D eigenvalue weighted by molar-refractivity contribution is -0.118. The van der Waals surface area contributed by atoms with E-state index in [0.717, 1.165) is 15.5 Å². The molecule has 160 valence electrons. The minimum Gasteiger partial charge on any atom is -0.443 e. The first kappa shape index (κ1) is 20.3. The molecule has 0 unspecified atom stereocenters. The highest BCUT2D eigenvalue weighted by Crippen LogP contribution is 2.32. The molecule has 0 bridgehead atoms. The van der Waals surface area contributed by atoms with Gasteiger partial charge < -0.3 is 10.5 Å². The van der Waals surface area contributed by atoms with Gasteiger partial charge in [0.05, 0.1) is 22.5 Å². The number of rotatable bonds is 1. The van der Waals surface area contributed by atoms with Crippen LogP contribution in [0, 0.1) is 0 Å². The highest BCUT2D eigenvalue weighted by molar-refractivity contribution is 6.23. The summed E-state index contributed by atoms with van der Waals surface area (Å²) < 4.78 is 6.46. The highest BCUT2D eigenvalue weighted by atomic mass is 16.6. The number of hydrogen-bond donors (Lipinski definition) is 2. The van der Waals surface area contributed by atoms with Gasteiger partial charge in [0, 0.05) is 12.5 Å². The molecular formula is C21H20N4O6. The molecule has 0 saturated carbocycles. The molecule has 10 nitrogen and oxygen atoms in total. The molecule has 4 amide bonds. The zero-order valence-electron chi connectivity index (χ0n) is 17.1. The Morgan fingerprint density at radius 2 is 1.77 bits per heavy atom. The van der Waals surface area contributed by atoms with Crippen molar-refractivity contribution in [3.8, 4) is 5.69 Å². The van der Waals surface area contributed by atoms with Gasteiger partial charge in [-0.25, -0.2) is 9.69 Å². The topological polar surface area (TPSA) is 141 Å². The monoisotopic (exact) mass is 424 g/mol. The van der Waals surface area contributed by atoms with Crippen LogP contribution < -0.4 is 21.5 Å². The molecule has 2 aliphatic heterocycles. The molecule has 10 heteroatoms. The summed E-state index contributed by atoms with van der Waals surface area (Å²) in [5.41, 5.74) is 5.91. The number of benzene rings is 1. The van der Waals surface area contributed by atoms with Crippen molar-refractivity contribution in [1.82, 2.24) is 9.88 Å². The van der Waals surface area contributed by atoms with Gasteiger partial charge in [0.25, 0.3) is 17.4 Å². The minimum atomic E-state index is -0.782. The van der Waals surface area contributed by atoms with Gasteiger partial charge in [-0.05, 0) is 51.0 Å². The Bertz CT molecular complexity index is 1240. The second-order valence-corrected chi connectivity index (χ2v) is 8.30. The number of aryl methyl sites for hydroxylation is 1. The second-order valence-electron chi connectivity index (χ2n) is 8.30. The summed E-state index contributed by atoms with van der Waals surface area (Å²) >= 11 is 0. The van der Waals surface area contributed by atoms with Gasteiger partial charge in [0.2, 0.25) is 5.91 Å². The molecule has 1 aromatic heterocycles. The van der Waals surface area contributed by atoms with E-state index < -0.39 is 29.1 Å². The minimum absolute atomic E-state index is 0.0621. The van der Waals surface area contributed by atoms with Crippen LogP contribution in [0.1, 0.15) is 53.5 Å². The maximum Gasteiger partial charge on any atom is 0.421 e. The molecule has 0 spiro atoms. The number of hydrogen-bond acceptors (Lipinski definition) is 7. The number of imide groups is 2. The third kappa shape index (κ3) is 3.35. The van der Waals surface area contributed by atoms with E-state index >= 15 is 0 Å². The summed E-state index contributed by atoms with van der Waals surface area (Å²) in [6.07, 6.45) is -0.350. The first-order valence-electron chi connectivity index (χ1n) is 9.58. The summed E-state index contributed by atoms with van der Waals surface area (Å²) in [5.74, 6) is -1.90. The van der Waals surface area contributed by atoms with Gasteiger partial charge in [0.15, 0.2) is 0 Å². The number of carbonyl (C=O) groups excluding carboxylic acids is 4.